The third kappa shape index (κ3) is 2.66. The van der Waals surface area contributed by atoms with Crippen LogP contribution < -0.4 is 0 Å². The lowest BCUT2D eigenvalue weighted by atomic mass is 9.83. The second kappa shape index (κ2) is 5.87. The summed E-state index contributed by atoms with van der Waals surface area (Å²) < 4.78 is 19.6. The standard InChI is InChI=1S/C18H23FN2O2/c19-16-6-2-1-5-15(16)17(22)20-9-7-18(13-20)8-10-21(18)12-14-4-3-11-23-14/h1-2,5-6,14H,3-4,7-13H2. The highest BCUT2D eigenvalue weighted by Crippen LogP contribution is 2.40. The number of nitrogens with zero attached hydrogens (tertiary/aromatic N) is 2. The zero-order valence-corrected chi connectivity index (χ0v) is 13.3. The molecule has 2 atom stereocenters. The molecule has 0 aliphatic carbocycles. The maximum absolute atomic E-state index is 13.9. The lowest BCUT2D eigenvalue weighted by Crippen LogP contribution is -2.63. The van der Waals surface area contributed by atoms with E-state index >= 15 is 0 Å². The predicted octanol–water partition coefficient (Wildman–Crippen LogP) is 2.30. The molecule has 3 heterocycles. The number of benzene rings is 1. The monoisotopic (exact) mass is 318 g/mol. The Morgan fingerprint density at radius 1 is 1.30 bits per heavy atom. The van der Waals surface area contributed by atoms with Gasteiger partial charge in [0.1, 0.15) is 5.82 Å². The highest BCUT2D eigenvalue weighted by molar-refractivity contribution is 5.94. The minimum absolute atomic E-state index is 0.104. The maximum atomic E-state index is 13.9. The third-order valence-corrected chi connectivity index (χ3v) is 5.69. The Balaban J connectivity index is 1.42. The molecule has 124 valence electrons. The molecular formula is C18H23FN2O2. The number of rotatable bonds is 3. The van der Waals surface area contributed by atoms with Crippen LogP contribution in [0.15, 0.2) is 24.3 Å². The van der Waals surface area contributed by atoms with Crippen molar-refractivity contribution in [2.75, 3.05) is 32.8 Å². The molecule has 1 amide bonds. The van der Waals surface area contributed by atoms with Crippen LogP contribution in [0.4, 0.5) is 4.39 Å². The van der Waals surface area contributed by atoms with Gasteiger partial charge in [0, 0.05) is 38.3 Å². The van der Waals surface area contributed by atoms with Crippen molar-refractivity contribution in [1.29, 1.82) is 0 Å². The predicted molar refractivity (Wildman–Crippen MR) is 84.8 cm³/mol. The van der Waals surface area contributed by atoms with Crippen LogP contribution >= 0.6 is 0 Å². The average Bonchev–Trinajstić information content (AvgIpc) is 3.22. The number of likely N-dealkylation sites (tertiary alicyclic amines) is 2. The fourth-order valence-electron chi connectivity index (χ4n) is 4.20. The van der Waals surface area contributed by atoms with E-state index in [0.717, 1.165) is 51.9 Å². The number of halogens is 1. The summed E-state index contributed by atoms with van der Waals surface area (Å²) in [6.07, 6.45) is 4.76. The van der Waals surface area contributed by atoms with Gasteiger partial charge in [-0.25, -0.2) is 4.39 Å². The van der Waals surface area contributed by atoms with Gasteiger partial charge < -0.3 is 9.64 Å². The molecule has 4 rings (SSSR count). The summed E-state index contributed by atoms with van der Waals surface area (Å²) in [4.78, 5) is 16.9. The van der Waals surface area contributed by atoms with E-state index in [1.165, 1.54) is 6.07 Å². The summed E-state index contributed by atoms with van der Waals surface area (Å²) in [7, 11) is 0. The molecule has 1 spiro atoms. The van der Waals surface area contributed by atoms with E-state index in [1.807, 2.05) is 4.90 Å². The zero-order valence-electron chi connectivity index (χ0n) is 13.3. The Hall–Kier alpha value is -1.46. The Morgan fingerprint density at radius 2 is 2.13 bits per heavy atom. The van der Waals surface area contributed by atoms with E-state index < -0.39 is 5.82 Å². The largest absolute Gasteiger partial charge is 0.377 e. The van der Waals surface area contributed by atoms with Crippen molar-refractivity contribution < 1.29 is 13.9 Å². The van der Waals surface area contributed by atoms with Crippen LogP contribution in [0, 0.1) is 5.82 Å². The molecule has 2 unspecified atom stereocenters. The first kappa shape index (κ1) is 15.1. The minimum Gasteiger partial charge on any atom is -0.377 e. The molecule has 3 fully saturated rings. The van der Waals surface area contributed by atoms with Crippen molar-refractivity contribution in [3.63, 3.8) is 0 Å². The van der Waals surface area contributed by atoms with Crippen LogP contribution in [0.1, 0.15) is 36.0 Å². The normalized spacial score (nSPS) is 30.8. The van der Waals surface area contributed by atoms with Crippen LogP contribution in [0.2, 0.25) is 0 Å². The van der Waals surface area contributed by atoms with Crippen molar-refractivity contribution in [3.8, 4) is 0 Å². The van der Waals surface area contributed by atoms with Gasteiger partial charge in [0.15, 0.2) is 0 Å². The summed E-state index contributed by atoms with van der Waals surface area (Å²) in [5.41, 5.74) is 0.293. The van der Waals surface area contributed by atoms with Gasteiger partial charge in [0.25, 0.3) is 5.91 Å². The first-order valence-corrected chi connectivity index (χ1v) is 8.58. The maximum Gasteiger partial charge on any atom is 0.256 e. The molecule has 3 aliphatic heterocycles. The molecule has 0 saturated carbocycles. The summed E-state index contributed by atoms with van der Waals surface area (Å²) in [5, 5.41) is 0. The first-order valence-electron chi connectivity index (χ1n) is 8.58. The fraction of sp³-hybridized carbons (Fsp3) is 0.611. The highest BCUT2D eigenvalue weighted by Gasteiger charge is 2.50. The zero-order chi connectivity index (χ0) is 15.9. The highest BCUT2D eigenvalue weighted by atomic mass is 19.1. The van der Waals surface area contributed by atoms with E-state index in [2.05, 4.69) is 4.90 Å². The van der Waals surface area contributed by atoms with Gasteiger partial charge in [-0.3, -0.25) is 9.69 Å². The molecule has 0 N–H and O–H groups in total. The van der Waals surface area contributed by atoms with Gasteiger partial charge in [-0.1, -0.05) is 12.1 Å². The van der Waals surface area contributed by atoms with Crippen molar-refractivity contribution >= 4 is 5.91 Å². The molecule has 1 aromatic rings. The second-order valence-corrected chi connectivity index (χ2v) is 7.01. The quantitative estimate of drug-likeness (QED) is 0.857. The Bertz CT molecular complexity index is 602. The molecule has 1 aromatic carbocycles. The van der Waals surface area contributed by atoms with Crippen molar-refractivity contribution in [3.05, 3.63) is 35.6 Å². The van der Waals surface area contributed by atoms with Crippen LogP contribution in [0.5, 0.6) is 0 Å². The molecule has 3 aliphatic rings. The number of carbonyl (C=O) groups is 1. The molecule has 0 aromatic heterocycles. The van der Waals surface area contributed by atoms with Crippen LogP contribution in [0.3, 0.4) is 0 Å². The van der Waals surface area contributed by atoms with E-state index in [1.54, 1.807) is 18.2 Å². The van der Waals surface area contributed by atoms with Crippen LogP contribution in [0.25, 0.3) is 0 Å². The van der Waals surface area contributed by atoms with Gasteiger partial charge in [0.2, 0.25) is 0 Å². The molecular weight excluding hydrogens is 295 g/mol. The van der Waals surface area contributed by atoms with E-state index in [9.17, 15) is 9.18 Å². The summed E-state index contributed by atoms with van der Waals surface area (Å²) >= 11 is 0. The minimum atomic E-state index is -0.428. The number of hydrogen-bond acceptors (Lipinski definition) is 3. The third-order valence-electron chi connectivity index (χ3n) is 5.69. The van der Waals surface area contributed by atoms with Crippen molar-refractivity contribution in [2.24, 2.45) is 0 Å². The number of hydrogen-bond donors (Lipinski definition) is 0. The molecule has 3 saturated heterocycles. The van der Waals surface area contributed by atoms with E-state index in [4.69, 9.17) is 4.74 Å². The SMILES string of the molecule is O=C(c1ccccc1F)N1CCC2(CCN2CC2CCCO2)C1. The molecule has 23 heavy (non-hydrogen) atoms. The van der Waals surface area contributed by atoms with Crippen molar-refractivity contribution in [1.82, 2.24) is 9.80 Å². The fourth-order valence-corrected chi connectivity index (χ4v) is 4.20. The average molecular weight is 318 g/mol. The number of ether oxygens (including phenoxy) is 1. The van der Waals surface area contributed by atoms with Gasteiger partial charge in [-0.2, -0.15) is 0 Å². The van der Waals surface area contributed by atoms with Gasteiger partial charge in [-0.05, 0) is 37.8 Å². The number of amides is 1. The molecule has 0 bridgehead atoms. The molecule has 0 radical (unpaired) electrons. The summed E-state index contributed by atoms with van der Waals surface area (Å²) in [5.74, 6) is -0.604. The van der Waals surface area contributed by atoms with E-state index in [-0.39, 0.29) is 17.0 Å². The number of carbonyl (C=O) groups excluding carboxylic acids is 1. The topological polar surface area (TPSA) is 32.8 Å². The lowest BCUT2D eigenvalue weighted by Gasteiger charge is -2.51. The Morgan fingerprint density at radius 3 is 2.83 bits per heavy atom. The van der Waals surface area contributed by atoms with Crippen molar-refractivity contribution in [2.45, 2.75) is 37.3 Å². The lowest BCUT2D eigenvalue weighted by molar-refractivity contribution is -0.0419. The van der Waals surface area contributed by atoms with Crippen LogP contribution in [-0.2, 0) is 4.74 Å². The summed E-state index contributed by atoms with van der Waals surface area (Å²) in [6.45, 7) is 4.37. The first-order chi connectivity index (χ1) is 11.2. The smallest absolute Gasteiger partial charge is 0.256 e. The van der Waals surface area contributed by atoms with Gasteiger partial charge >= 0.3 is 0 Å². The van der Waals surface area contributed by atoms with E-state index in [0.29, 0.717) is 12.6 Å². The summed E-state index contributed by atoms with van der Waals surface area (Å²) in [6, 6.07) is 6.27. The molecule has 5 heteroatoms. The Labute approximate surface area is 136 Å². The van der Waals surface area contributed by atoms with Gasteiger partial charge in [-0.15, -0.1) is 0 Å². The second-order valence-electron chi connectivity index (χ2n) is 7.01. The Kier molecular flexibility index (Phi) is 3.85. The van der Waals surface area contributed by atoms with Crippen LogP contribution in [-0.4, -0.2) is 60.1 Å². The molecule has 4 nitrogen and oxygen atoms in total. The van der Waals surface area contributed by atoms with Gasteiger partial charge in [0.05, 0.1) is 11.7 Å².